The van der Waals surface area contributed by atoms with Crippen molar-refractivity contribution in [3.05, 3.63) is 54.1 Å². The Hall–Kier alpha value is -3.16. The molecule has 0 aliphatic carbocycles. The first-order valence-electron chi connectivity index (χ1n) is 8.46. The van der Waals surface area contributed by atoms with E-state index in [4.69, 9.17) is 9.47 Å². The van der Waals surface area contributed by atoms with Gasteiger partial charge in [0, 0.05) is 11.8 Å². The average Bonchev–Trinajstić information content (AvgIpc) is 2.65. The van der Waals surface area contributed by atoms with E-state index >= 15 is 0 Å². The van der Waals surface area contributed by atoms with E-state index < -0.39 is 12.3 Å². The van der Waals surface area contributed by atoms with Crippen molar-refractivity contribution in [3.8, 4) is 17.2 Å². The molecule has 0 heterocycles. The number of halogens is 3. The number of carbonyl (C=O) groups is 1. The van der Waals surface area contributed by atoms with E-state index in [-0.39, 0.29) is 5.75 Å². The molecule has 8 heteroatoms. The van der Waals surface area contributed by atoms with Crippen LogP contribution in [0.2, 0.25) is 0 Å². The summed E-state index contributed by atoms with van der Waals surface area (Å²) in [5.74, 6) is 0.372. The van der Waals surface area contributed by atoms with Crippen molar-refractivity contribution in [3.63, 3.8) is 0 Å². The Labute approximate surface area is 160 Å². The van der Waals surface area contributed by atoms with Gasteiger partial charge >= 0.3 is 6.36 Å². The first-order chi connectivity index (χ1) is 13.3. The Morgan fingerprint density at radius 2 is 1.82 bits per heavy atom. The number of benzene rings is 2. The van der Waals surface area contributed by atoms with Crippen LogP contribution in [-0.4, -0.2) is 26.0 Å². The van der Waals surface area contributed by atoms with Crippen LogP contribution >= 0.6 is 0 Å². The number of alkyl halides is 3. The third-order valence-electron chi connectivity index (χ3n) is 3.43. The van der Waals surface area contributed by atoms with Gasteiger partial charge in [0.25, 0.3) is 0 Å². The molecule has 0 bridgehead atoms. The highest BCUT2D eigenvalue weighted by Crippen LogP contribution is 2.29. The molecule has 5 nitrogen and oxygen atoms in total. The van der Waals surface area contributed by atoms with Gasteiger partial charge in [-0.1, -0.05) is 13.0 Å². The normalized spacial score (nSPS) is 11.3. The van der Waals surface area contributed by atoms with Gasteiger partial charge in [0.05, 0.1) is 13.7 Å². The molecule has 2 rings (SSSR count). The smallest absolute Gasteiger partial charge is 0.493 e. The topological polar surface area (TPSA) is 56.8 Å². The van der Waals surface area contributed by atoms with Crippen molar-refractivity contribution in [1.82, 2.24) is 0 Å². The zero-order valence-corrected chi connectivity index (χ0v) is 15.4. The number of amides is 1. The van der Waals surface area contributed by atoms with Gasteiger partial charge in [0.15, 0.2) is 11.5 Å². The van der Waals surface area contributed by atoms with E-state index in [0.29, 0.717) is 23.8 Å². The van der Waals surface area contributed by atoms with Gasteiger partial charge in [-0.05, 0) is 54.5 Å². The van der Waals surface area contributed by atoms with Crippen LogP contribution in [0.5, 0.6) is 17.2 Å². The van der Waals surface area contributed by atoms with Gasteiger partial charge in [-0.2, -0.15) is 0 Å². The second-order valence-electron chi connectivity index (χ2n) is 5.65. The Bertz CT molecular complexity index is 817. The summed E-state index contributed by atoms with van der Waals surface area (Å²) in [6, 6.07) is 10.1. The first kappa shape index (κ1) is 21.1. The molecule has 28 heavy (non-hydrogen) atoms. The van der Waals surface area contributed by atoms with E-state index in [2.05, 4.69) is 10.1 Å². The molecule has 2 aromatic carbocycles. The number of hydrogen-bond donors (Lipinski definition) is 1. The number of hydrogen-bond acceptors (Lipinski definition) is 4. The van der Waals surface area contributed by atoms with Gasteiger partial charge in [-0.15, -0.1) is 13.2 Å². The summed E-state index contributed by atoms with van der Waals surface area (Å²) in [4.78, 5) is 12.0. The summed E-state index contributed by atoms with van der Waals surface area (Å²) < 4.78 is 51.0. The van der Waals surface area contributed by atoms with E-state index in [1.165, 1.54) is 25.3 Å². The second-order valence-corrected chi connectivity index (χ2v) is 5.65. The SMILES string of the molecule is CCCOc1ccc(/C=C/C(=O)Nc2ccc(OC(F)(F)F)cc2)cc1OC. The summed E-state index contributed by atoms with van der Waals surface area (Å²) in [5, 5.41) is 2.55. The molecule has 1 N–H and O–H groups in total. The standard InChI is InChI=1S/C20H20F3NO4/c1-3-12-27-17-10-4-14(13-18(17)26-2)5-11-19(25)24-15-6-8-16(9-7-15)28-20(21,22)23/h4-11,13H,3,12H2,1-2H3,(H,24,25)/b11-5+. The lowest BCUT2D eigenvalue weighted by molar-refractivity contribution is -0.274. The molecule has 2 aromatic rings. The molecule has 0 saturated heterocycles. The Kier molecular flexibility index (Phi) is 7.31. The lowest BCUT2D eigenvalue weighted by atomic mass is 10.2. The minimum Gasteiger partial charge on any atom is -0.493 e. The minimum absolute atomic E-state index is 0.338. The van der Waals surface area contributed by atoms with Crippen LogP contribution in [0.3, 0.4) is 0 Å². The van der Waals surface area contributed by atoms with Crippen molar-refractivity contribution in [1.29, 1.82) is 0 Å². The zero-order valence-electron chi connectivity index (χ0n) is 15.4. The molecule has 0 saturated carbocycles. The third-order valence-corrected chi connectivity index (χ3v) is 3.43. The molecule has 0 spiro atoms. The molecule has 1 amide bonds. The van der Waals surface area contributed by atoms with Crippen molar-refractivity contribution in [2.45, 2.75) is 19.7 Å². The summed E-state index contributed by atoms with van der Waals surface area (Å²) in [6.07, 6.45) is -0.996. The van der Waals surface area contributed by atoms with Gasteiger partial charge in [-0.3, -0.25) is 4.79 Å². The van der Waals surface area contributed by atoms with Crippen LogP contribution < -0.4 is 19.5 Å². The average molecular weight is 395 g/mol. The highest BCUT2D eigenvalue weighted by molar-refractivity contribution is 6.01. The van der Waals surface area contributed by atoms with Crippen molar-refractivity contribution < 1.29 is 32.2 Å². The predicted octanol–water partition coefficient (Wildman–Crippen LogP) is 5.03. The van der Waals surface area contributed by atoms with Crippen LogP contribution in [0.4, 0.5) is 18.9 Å². The van der Waals surface area contributed by atoms with Gasteiger partial charge < -0.3 is 19.5 Å². The van der Waals surface area contributed by atoms with Crippen LogP contribution in [-0.2, 0) is 4.79 Å². The predicted molar refractivity (Wildman–Crippen MR) is 99.6 cm³/mol. The number of carbonyl (C=O) groups excluding carboxylic acids is 1. The fourth-order valence-electron chi connectivity index (χ4n) is 2.21. The summed E-state index contributed by atoms with van der Waals surface area (Å²) >= 11 is 0. The van der Waals surface area contributed by atoms with Crippen molar-refractivity contribution >= 4 is 17.7 Å². The fraction of sp³-hybridized carbons (Fsp3) is 0.250. The molecule has 0 fully saturated rings. The van der Waals surface area contributed by atoms with Crippen molar-refractivity contribution in [2.75, 3.05) is 19.0 Å². The second kappa shape index (κ2) is 9.68. The third kappa shape index (κ3) is 6.86. The molecular formula is C20H20F3NO4. The first-order valence-corrected chi connectivity index (χ1v) is 8.46. The molecule has 0 atom stereocenters. The van der Waals surface area contributed by atoms with Gasteiger partial charge in [0.2, 0.25) is 5.91 Å². The Morgan fingerprint density at radius 3 is 2.43 bits per heavy atom. The van der Waals surface area contributed by atoms with Gasteiger partial charge in [-0.25, -0.2) is 0 Å². The number of methoxy groups -OCH3 is 1. The molecule has 0 radical (unpaired) electrons. The monoisotopic (exact) mass is 395 g/mol. The van der Waals surface area contributed by atoms with Crippen LogP contribution in [0.1, 0.15) is 18.9 Å². The number of anilines is 1. The van der Waals surface area contributed by atoms with Crippen LogP contribution in [0, 0.1) is 0 Å². The highest BCUT2D eigenvalue weighted by atomic mass is 19.4. The van der Waals surface area contributed by atoms with Crippen molar-refractivity contribution in [2.24, 2.45) is 0 Å². The van der Waals surface area contributed by atoms with Gasteiger partial charge in [0.1, 0.15) is 5.75 Å². The summed E-state index contributed by atoms with van der Waals surface area (Å²) in [6.45, 7) is 2.57. The molecule has 0 aromatic heterocycles. The molecule has 150 valence electrons. The number of nitrogens with one attached hydrogen (secondary N) is 1. The number of ether oxygens (including phenoxy) is 3. The maximum absolute atomic E-state index is 12.1. The lowest BCUT2D eigenvalue weighted by Gasteiger charge is -2.10. The maximum Gasteiger partial charge on any atom is 0.573 e. The minimum atomic E-state index is -4.76. The Morgan fingerprint density at radius 1 is 1.11 bits per heavy atom. The Balaban J connectivity index is 1.97. The highest BCUT2D eigenvalue weighted by Gasteiger charge is 2.30. The quantitative estimate of drug-likeness (QED) is 0.637. The van der Waals surface area contributed by atoms with E-state index in [9.17, 15) is 18.0 Å². The van der Waals surface area contributed by atoms with Crippen LogP contribution in [0.25, 0.3) is 6.08 Å². The molecular weight excluding hydrogens is 375 g/mol. The van der Waals surface area contributed by atoms with E-state index in [1.54, 1.807) is 24.3 Å². The molecule has 0 aliphatic heterocycles. The maximum atomic E-state index is 12.1. The molecule has 0 aliphatic rings. The number of rotatable bonds is 8. The lowest BCUT2D eigenvalue weighted by Crippen LogP contribution is -2.17. The zero-order chi connectivity index (χ0) is 20.6. The van der Waals surface area contributed by atoms with E-state index in [0.717, 1.165) is 24.1 Å². The van der Waals surface area contributed by atoms with Crippen LogP contribution in [0.15, 0.2) is 48.5 Å². The largest absolute Gasteiger partial charge is 0.573 e. The summed E-state index contributed by atoms with van der Waals surface area (Å²) in [5.41, 5.74) is 1.06. The molecule has 0 unspecified atom stereocenters. The van der Waals surface area contributed by atoms with E-state index in [1.807, 2.05) is 6.92 Å². The fourth-order valence-corrected chi connectivity index (χ4v) is 2.21. The summed E-state index contributed by atoms with van der Waals surface area (Å²) in [7, 11) is 1.53.